The normalized spacial score (nSPS) is 12.5. The molecule has 0 amide bonds. The molecule has 10 heteroatoms. The molecule has 2 heterocycles. The van der Waals surface area contributed by atoms with E-state index in [1.54, 1.807) is 0 Å². The molecule has 0 fully saturated rings. The van der Waals surface area contributed by atoms with Gasteiger partial charge in [-0.05, 0) is 58.6 Å². The van der Waals surface area contributed by atoms with Gasteiger partial charge in [0.1, 0.15) is 0 Å². The van der Waals surface area contributed by atoms with Crippen molar-refractivity contribution < 1.29 is 31.0 Å². The maximum absolute atomic E-state index is 6.15. The van der Waals surface area contributed by atoms with Gasteiger partial charge in [-0.1, -0.05) is 156 Å². The maximum Gasteiger partial charge on any atom is 1.00 e. The van der Waals surface area contributed by atoms with Gasteiger partial charge >= 0.3 is 29.6 Å². The Labute approximate surface area is 338 Å². The van der Waals surface area contributed by atoms with Crippen LogP contribution in [0.1, 0.15) is 43.0 Å². The third-order valence-corrected chi connectivity index (χ3v) is 21.9. The molecule has 1 N–H and O–H groups in total. The number of halogens is 5. The SMILES string of the molecule is Brc1ccc2c(c1)[nH]c1cc(Br)ccc12.CC(C)(C)[Si](C)(C)Cl.CC(C)(C)[Si](C)(C)n1c2cc(Br)ccc2c2ccc(Br)cc21.[H-].[Na+]. The van der Waals surface area contributed by atoms with Gasteiger partial charge in [-0.15, -0.1) is 0 Å². The average molecular weight is 939 g/mol. The fourth-order valence-corrected chi connectivity index (χ4v) is 8.42. The van der Waals surface area contributed by atoms with E-state index >= 15 is 0 Å². The first-order chi connectivity index (χ1) is 20.6. The predicted octanol–water partition coefficient (Wildman–Crippen LogP) is 12.4. The Morgan fingerprint density at radius 3 is 1.17 bits per heavy atom. The van der Waals surface area contributed by atoms with E-state index in [1.165, 1.54) is 32.6 Å². The van der Waals surface area contributed by atoms with E-state index in [0.29, 0.717) is 5.04 Å². The van der Waals surface area contributed by atoms with E-state index in [9.17, 15) is 0 Å². The summed E-state index contributed by atoms with van der Waals surface area (Å²) >= 11 is 20.4. The van der Waals surface area contributed by atoms with Crippen LogP contribution in [0, 0.1) is 0 Å². The van der Waals surface area contributed by atoms with E-state index in [4.69, 9.17) is 11.1 Å². The van der Waals surface area contributed by atoms with Crippen LogP contribution >= 0.6 is 74.8 Å². The molecule has 0 saturated carbocycles. The molecule has 4 aromatic carbocycles. The van der Waals surface area contributed by atoms with Gasteiger partial charge in [0.2, 0.25) is 0 Å². The average Bonchev–Trinajstić information content (AvgIpc) is 3.40. The van der Waals surface area contributed by atoms with Gasteiger partial charge < -0.3 is 10.6 Å². The summed E-state index contributed by atoms with van der Waals surface area (Å²) in [5.41, 5.74) is 5.01. The van der Waals surface area contributed by atoms with E-state index in [1.807, 2.05) is 0 Å². The molecule has 2 aromatic heterocycles. The quantitative estimate of drug-likeness (QED) is 0.125. The summed E-state index contributed by atoms with van der Waals surface area (Å²) < 4.78 is 7.11. The number of hydrogen-bond donors (Lipinski definition) is 1. The Hall–Kier alpha value is 0.124. The largest absolute Gasteiger partial charge is 1.00 e. The molecule has 0 bridgehead atoms. The second-order valence-electron chi connectivity index (χ2n) is 14.7. The predicted molar refractivity (Wildman–Crippen MR) is 223 cm³/mol. The topological polar surface area (TPSA) is 20.7 Å². The van der Waals surface area contributed by atoms with Crippen LogP contribution in [0.5, 0.6) is 0 Å². The molecule has 6 rings (SSSR count). The summed E-state index contributed by atoms with van der Waals surface area (Å²) in [6.07, 6.45) is 0. The van der Waals surface area contributed by atoms with Crippen molar-refractivity contribution in [3.05, 3.63) is 90.7 Å². The Morgan fingerprint density at radius 2 is 0.870 bits per heavy atom. The fraction of sp³-hybridized carbons (Fsp3) is 0.333. The molecule has 6 aromatic rings. The molecule has 0 aliphatic rings. The van der Waals surface area contributed by atoms with Crippen LogP contribution in [0.15, 0.2) is 90.7 Å². The first kappa shape index (κ1) is 40.6. The first-order valence-corrected chi connectivity index (χ1v) is 25.2. The molecule has 242 valence electrons. The number of rotatable bonds is 1. The number of fused-ring (bicyclic) bond motifs is 6. The van der Waals surface area contributed by atoms with Crippen molar-refractivity contribution in [2.75, 3.05) is 0 Å². The molecular weight excluding hydrogens is 895 g/mol. The van der Waals surface area contributed by atoms with E-state index in [2.05, 4.69) is 213 Å². The zero-order valence-electron chi connectivity index (χ0n) is 29.8. The van der Waals surface area contributed by atoms with Gasteiger partial charge in [-0.3, -0.25) is 0 Å². The van der Waals surface area contributed by atoms with Crippen LogP contribution < -0.4 is 29.6 Å². The Bertz CT molecular complexity index is 1880. The minimum atomic E-state index is -1.73. The minimum Gasteiger partial charge on any atom is -1.00 e. The van der Waals surface area contributed by atoms with Crippen LogP contribution in [-0.2, 0) is 0 Å². The molecule has 0 aliphatic carbocycles. The van der Waals surface area contributed by atoms with Gasteiger partial charge in [-0.25, -0.2) is 0 Å². The molecule has 0 unspecified atom stereocenters. The summed E-state index contributed by atoms with van der Waals surface area (Å²) in [4.78, 5) is 3.40. The summed E-state index contributed by atoms with van der Waals surface area (Å²) in [7, 11) is -3.12. The molecule has 0 spiro atoms. The van der Waals surface area contributed by atoms with Gasteiger partial charge in [0.25, 0.3) is 0 Å². The number of benzene rings is 4. The molecule has 0 saturated heterocycles. The van der Waals surface area contributed by atoms with Gasteiger partial charge in [0.05, 0.1) is 0 Å². The summed E-state index contributed by atoms with van der Waals surface area (Å²) in [5, 5.41) is 5.83. The van der Waals surface area contributed by atoms with E-state index in [0.717, 1.165) is 28.9 Å². The van der Waals surface area contributed by atoms with Gasteiger partial charge in [0.15, 0.2) is 15.6 Å². The summed E-state index contributed by atoms with van der Waals surface area (Å²) in [6.45, 7) is 23.0. The molecule has 0 atom stereocenters. The van der Waals surface area contributed by atoms with Crippen molar-refractivity contribution in [1.82, 2.24) is 9.22 Å². The molecule has 2 nitrogen and oxygen atoms in total. The maximum atomic E-state index is 6.15. The van der Waals surface area contributed by atoms with Crippen LogP contribution in [0.25, 0.3) is 43.6 Å². The molecule has 46 heavy (non-hydrogen) atoms. The summed E-state index contributed by atoms with van der Waals surface area (Å²) in [5.74, 6) is 0. The van der Waals surface area contributed by atoms with Crippen molar-refractivity contribution in [2.24, 2.45) is 0 Å². The number of nitrogens with one attached hydrogen (secondary N) is 1. The van der Waals surface area contributed by atoms with Crippen LogP contribution in [-0.4, -0.2) is 24.8 Å². The standard InChI is InChI=1S/C18H21Br2NSi.C12H7Br2N.C6H15ClSi.Na.H/c1-18(2,3)22(4,5)21-16-10-12(19)6-8-14(16)15-9-7-13(20)11-17(15)21;13-7-1-3-9-10-4-2-8(14)6-12(10)15-11(9)5-7;1-6(2,3)8(4,5)7;;/h6-11H,1-5H3;1-6,15H;1-5H3;;/q;;;+1;-1. The third-order valence-electron chi connectivity index (χ3n) is 9.39. The monoisotopic (exact) mass is 934 g/mol. The van der Waals surface area contributed by atoms with Crippen molar-refractivity contribution in [2.45, 2.75) is 77.8 Å². The Balaban J connectivity index is 0.000000267. The van der Waals surface area contributed by atoms with Crippen LogP contribution in [0.3, 0.4) is 0 Å². The van der Waals surface area contributed by atoms with Crippen molar-refractivity contribution in [3.63, 3.8) is 0 Å². The zero-order chi connectivity index (χ0) is 33.7. The van der Waals surface area contributed by atoms with Crippen molar-refractivity contribution in [1.29, 1.82) is 0 Å². The smallest absolute Gasteiger partial charge is 1.00 e. The zero-order valence-corrected chi connectivity index (χ0v) is 39.9. The number of H-pyrrole nitrogens is 1. The second kappa shape index (κ2) is 15.2. The Morgan fingerprint density at radius 1 is 0.565 bits per heavy atom. The number of aromatic amines is 1. The molecule has 0 radical (unpaired) electrons. The third kappa shape index (κ3) is 8.88. The number of aromatic nitrogens is 2. The number of hydrogen-bond acceptors (Lipinski definition) is 0. The molecule has 0 aliphatic heterocycles. The van der Waals surface area contributed by atoms with E-state index < -0.39 is 15.6 Å². The molecular formula is C36H44Br4ClN2NaSi2. The number of nitrogens with zero attached hydrogens (tertiary/aromatic N) is 1. The minimum absolute atomic E-state index is 0. The second-order valence-corrected chi connectivity index (χ2v) is 30.7. The van der Waals surface area contributed by atoms with Crippen LogP contribution in [0.2, 0.25) is 36.3 Å². The van der Waals surface area contributed by atoms with E-state index in [-0.39, 0.29) is 36.0 Å². The van der Waals surface area contributed by atoms with Crippen molar-refractivity contribution in [3.8, 4) is 0 Å². The van der Waals surface area contributed by atoms with Crippen LogP contribution in [0.4, 0.5) is 0 Å². The first-order valence-electron chi connectivity index (χ1n) is 15.1. The fourth-order valence-electron chi connectivity index (χ4n) is 4.76. The van der Waals surface area contributed by atoms with Gasteiger partial charge in [0, 0.05) is 61.5 Å². The van der Waals surface area contributed by atoms with Gasteiger partial charge in [-0.2, -0.15) is 11.1 Å². The van der Waals surface area contributed by atoms with Crippen molar-refractivity contribution >= 4 is 134 Å². The summed E-state index contributed by atoms with van der Waals surface area (Å²) in [6, 6.07) is 25.9. The Kier molecular flexibility index (Phi) is 13.4.